The zero-order valence-electron chi connectivity index (χ0n) is 13.0. The Bertz CT molecular complexity index is 830. The van der Waals surface area contributed by atoms with Crippen LogP contribution in [0.3, 0.4) is 0 Å². The van der Waals surface area contributed by atoms with Crippen molar-refractivity contribution in [1.29, 1.82) is 0 Å². The van der Waals surface area contributed by atoms with Gasteiger partial charge in [0.2, 0.25) is 0 Å². The summed E-state index contributed by atoms with van der Waals surface area (Å²) in [5.74, 6) is 0.220. The Hall–Kier alpha value is -2.54. The first-order chi connectivity index (χ1) is 11.9. The molecule has 1 N–H and O–H groups in total. The van der Waals surface area contributed by atoms with E-state index in [0.717, 1.165) is 29.9 Å². The molecule has 0 bridgehead atoms. The maximum atomic E-state index is 12.6. The Kier molecular flexibility index (Phi) is 4.94. The van der Waals surface area contributed by atoms with E-state index in [2.05, 4.69) is 15.3 Å². The van der Waals surface area contributed by atoms with Crippen molar-refractivity contribution in [1.82, 2.24) is 14.5 Å². The smallest absolute Gasteiger partial charge is 0.365 e. The highest BCUT2D eigenvalue weighted by Crippen LogP contribution is 2.32. The van der Waals surface area contributed by atoms with Crippen LogP contribution in [0.4, 0.5) is 19.0 Å². The third-order valence-electron chi connectivity index (χ3n) is 3.58. The van der Waals surface area contributed by atoms with E-state index >= 15 is 0 Å². The summed E-state index contributed by atoms with van der Waals surface area (Å²) in [4.78, 5) is 7.75. The first-order valence-electron chi connectivity index (χ1n) is 7.42. The van der Waals surface area contributed by atoms with Gasteiger partial charge in [0, 0.05) is 31.7 Å². The van der Waals surface area contributed by atoms with Crippen molar-refractivity contribution < 1.29 is 13.2 Å². The summed E-state index contributed by atoms with van der Waals surface area (Å²) in [6.07, 6.45) is 1.66. The number of imidazole rings is 1. The number of benzene rings is 1. The molecule has 0 unspecified atom stereocenters. The van der Waals surface area contributed by atoms with Gasteiger partial charge < -0.3 is 9.88 Å². The Balaban J connectivity index is 1.62. The lowest BCUT2D eigenvalue weighted by atomic mass is 10.1. The van der Waals surface area contributed by atoms with Gasteiger partial charge in [0.1, 0.15) is 5.82 Å². The lowest BCUT2D eigenvalue weighted by Crippen LogP contribution is -2.08. The van der Waals surface area contributed by atoms with Crippen molar-refractivity contribution in [3.05, 3.63) is 77.0 Å². The predicted octanol–water partition coefficient (Wildman–Crippen LogP) is 4.61. The second-order valence-electron chi connectivity index (χ2n) is 5.46. The molecular formula is C17H14ClF3N4. The number of hydrogen-bond donors (Lipinski definition) is 1. The highest BCUT2D eigenvalue weighted by Gasteiger charge is 2.31. The van der Waals surface area contributed by atoms with Gasteiger partial charge in [-0.3, -0.25) is 0 Å². The molecule has 4 nitrogen and oxygen atoms in total. The average molecular weight is 367 g/mol. The molecule has 3 aromatic rings. The van der Waals surface area contributed by atoms with Crippen molar-refractivity contribution in [2.24, 2.45) is 0 Å². The molecule has 0 radical (unpaired) electrons. The van der Waals surface area contributed by atoms with E-state index in [0.29, 0.717) is 6.54 Å². The van der Waals surface area contributed by atoms with Crippen molar-refractivity contribution >= 4 is 17.4 Å². The molecule has 0 spiro atoms. The van der Waals surface area contributed by atoms with E-state index in [-0.39, 0.29) is 10.8 Å². The lowest BCUT2D eigenvalue weighted by molar-refractivity contribution is -0.137. The van der Waals surface area contributed by atoms with Gasteiger partial charge in [-0.05, 0) is 17.2 Å². The predicted molar refractivity (Wildman–Crippen MR) is 89.3 cm³/mol. The Morgan fingerprint density at radius 1 is 1.12 bits per heavy atom. The van der Waals surface area contributed by atoms with E-state index in [9.17, 15) is 13.2 Å². The number of nitrogens with zero attached hydrogens (tertiary/aromatic N) is 3. The summed E-state index contributed by atoms with van der Waals surface area (Å²) < 4.78 is 39.8. The Morgan fingerprint density at radius 3 is 2.44 bits per heavy atom. The molecule has 25 heavy (non-hydrogen) atoms. The first-order valence-corrected chi connectivity index (χ1v) is 7.80. The van der Waals surface area contributed by atoms with Crippen LogP contribution >= 0.6 is 11.6 Å². The van der Waals surface area contributed by atoms with E-state index in [1.54, 1.807) is 12.5 Å². The molecule has 130 valence electrons. The number of hydrogen-bond acceptors (Lipinski definition) is 3. The van der Waals surface area contributed by atoms with Gasteiger partial charge in [-0.2, -0.15) is 13.2 Å². The van der Waals surface area contributed by atoms with Crippen LogP contribution in [0.5, 0.6) is 0 Å². The van der Waals surface area contributed by atoms with Crippen LogP contribution in [0.15, 0.2) is 55.2 Å². The fraction of sp³-hybridized carbons (Fsp3) is 0.176. The quantitative estimate of drug-likeness (QED) is 0.717. The molecule has 0 amide bonds. The highest BCUT2D eigenvalue weighted by atomic mass is 35.5. The third kappa shape index (κ3) is 4.51. The molecule has 0 fully saturated rings. The summed E-state index contributed by atoms with van der Waals surface area (Å²) in [6.45, 7) is 1.13. The molecule has 2 aromatic heterocycles. The van der Waals surface area contributed by atoms with E-state index in [4.69, 9.17) is 11.6 Å². The standard InChI is InChI=1S/C17H14ClF3N4/c18-15-7-14(17(19,20)21)9-24-16(15)23-8-12-1-3-13(4-2-12)10-25-6-5-22-11-25/h1-7,9,11H,8,10H2,(H,23,24). The van der Waals surface area contributed by atoms with Crippen molar-refractivity contribution in [3.8, 4) is 0 Å². The Morgan fingerprint density at radius 2 is 1.84 bits per heavy atom. The summed E-state index contributed by atoms with van der Waals surface area (Å²) in [5.41, 5.74) is 1.21. The summed E-state index contributed by atoms with van der Waals surface area (Å²) in [7, 11) is 0. The second-order valence-corrected chi connectivity index (χ2v) is 5.86. The normalized spacial score (nSPS) is 11.5. The molecule has 0 aliphatic heterocycles. The fourth-order valence-corrected chi connectivity index (χ4v) is 2.50. The van der Waals surface area contributed by atoms with Crippen LogP contribution < -0.4 is 5.32 Å². The van der Waals surface area contributed by atoms with Crippen LogP contribution in [0.25, 0.3) is 0 Å². The molecule has 3 rings (SSSR count). The number of halogens is 4. The first kappa shape index (κ1) is 17.3. The number of aromatic nitrogens is 3. The number of pyridine rings is 1. The molecule has 2 heterocycles. The van der Waals surface area contributed by atoms with Crippen LogP contribution in [0, 0.1) is 0 Å². The summed E-state index contributed by atoms with van der Waals surface area (Å²) in [5, 5.41) is 2.88. The second kappa shape index (κ2) is 7.14. The molecule has 0 aliphatic carbocycles. The van der Waals surface area contributed by atoms with Crippen LogP contribution in [0.1, 0.15) is 16.7 Å². The largest absolute Gasteiger partial charge is 0.417 e. The fourth-order valence-electron chi connectivity index (χ4n) is 2.26. The maximum Gasteiger partial charge on any atom is 0.417 e. The SMILES string of the molecule is FC(F)(F)c1cnc(NCc2ccc(Cn3ccnc3)cc2)c(Cl)c1. The minimum absolute atomic E-state index is 0.0634. The minimum Gasteiger partial charge on any atom is -0.365 e. The van der Waals surface area contributed by atoms with Gasteiger partial charge in [0.25, 0.3) is 0 Å². The van der Waals surface area contributed by atoms with Crippen LogP contribution in [-0.2, 0) is 19.3 Å². The average Bonchev–Trinajstić information content (AvgIpc) is 3.07. The van der Waals surface area contributed by atoms with Gasteiger partial charge in [-0.25, -0.2) is 9.97 Å². The molecule has 0 saturated heterocycles. The van der Waals surface area contributed by atoms with E-state index < -0.39 is 11.7 Å². The van der Waals surface area contributed by atoms with Crippen molar-refractivity contribution in [3.63, 3.8) is 0 Å². The van der Waals surface area contributed by atoms with Crippen molar-refractivity contribution in [2.45, 2.75) is 19.3 Å². The molecule has 0 atom stereocenters. The van der Waals surface area contributed by atoms with Gasteiger partial charge in [-0.15, -0.1) is 0 Å². The summed E-state index contributed by atoms with van der Waals surface area (Å²) >= 11 is 5.87. The van der Waals surface area contributed by atoms with Crippen LogP contribution in [-0.4, -0.2) is 14.5 Å². The van der Waals surface area contributed by atoms with Gasteiger partial charge in [0.15, 0.2) is 0 Å². The van der Waals surface area contributed by atoms with Gasteiger partial charge >= 0.3 is 6.18 Å². The zero-order chi connectivity index (χ0) is 17.9. The Labute approximate surface area is 147 Å². The maximum absolute atomic E-state index is 12.6. The van der Waals surface area contributed by atoms with E-state index in [1.807, 2.05) is 35.0 Å². The van der Waals surface area contributed by atoms with Gasteiger partial charge in [0.05, 0.1) is 16.9 Å². The van der Waals surface area contributed by atoms with Crippen LogP contribution in [0.2, 0.25) is 5.02 Å². The monoisotopic (exact) mass is 366 g/mol. The number of nitrogens with one attached hydrogen (secondary N) is 1. The van der Waals surface area contributed by atoms with Gasteiger partial charge in [-0.1, -0.05) is 35.9 Å². The highest BCUT2D eigenvalue weighted by molar-refractivity contribution is 6.32. The van der Waals surface area contributed by atoms with E-state index in [1.165, 1.54) is 0 Å². The number of anilines is 1. The molecule has 0 aliphatic rings. The molecule has 0 saturated carbocycles. The topological polar surface area (TPSA) is 42.7 Å². The lowest BCUT2D eigenvalue weighted by Gasteiger charge is -2.11. The molecule has 1 aromatic carbocycles. The minimum atomic E-state index is -4.46. The number of alkyl halides is 3. The summed E-state index contributed by atoms with van der Waals surface area (Å²) in [6, 6.07) is 8.72. The number of rotatable bonds is 5. The zero-order valence-corrected chi connectivity index (χ0v) is 13.7. The molecular weight excluding hydrogens is 353 g/mol. The third-order valence-corrected chi connectivity index (χ3v) is 3.86. The van der Waals surface area contributed by atoms with Crippen molar-refractivity contribution in [2.75, 3.05) is 5.32 Å². The molecule has 8 heteroatoms.